The van der Waals surface area contributed by atoms with Crippen molar-refractivity contribution in [2.24, 2.45) is 4.99 Å². The van der Waals surface area contributed by atoms with Gasteiger partial charge < -0.3 is 9.64 Å². The van der Waals surface area contributed by atoms with Crippen LogP contribution in [0.15, 0.2) is 126 Å². The van der Waals surface area contributed by atoms with Crippen molar-refractivity contribution in [2.45, 2.75) is 45.7 Å². The Bertz CT molecular complexity index is 2550. The quantitative estimate of drug-likeness (QED) is 0.185. The van der Waals surface area contributed by atoms with E-state index in [0.29, 0.717) is 28.7 Å². The standard InChI is InChI=1S/C42H37N3OSi/c1-26-23-29(44-36-16-8-9-17-37(36)45-35-15-7-6-14-34(35)43-42(44)45)21-22-30(26)32-24-28(3)33(25-27(32)2)31-13-12-20-40-41(31)46-38-18-10-11-19-39(38)47(40,4)5/h6-25,34-35H,1-5H3/i1D3,2D3,3D3. The predicted octanol–water partition coefficient (Wildman–Crippen LogP) is 9.07. The first kappa shape index (κ1) is 20.2. The minimum absolute atomic E-state index is 0.0197. The molecular weight excluding hydrogens is 591 g/mol. The molecule has 0 bridgehead atoms. The van der Waals surface area contributed by atoms with Crippen molar-refractivity contribution < 1.29 is 17.1 Å². The number of nitrogens with zero attached hydrogens (tertiary/aromatic N) is 3. The zero-order valence-corrected chi connectivity index (χ0v) is 27.0. The van der Waals surface area contributed by atoms with Gasteiger partial charge in [0.1, 0.15) is 19.6 Å². The number of hydrogen-bond donors (Lipinski definition) is 0. The van der Waals surface area contributed by atoms with Gasteiger partial charge in [-0.1, -0.05) is 104 Å². The molecule has 3 heterocycles. The predicted molar refractivity (Wildman–Crippen MR) is 199 cm³/mol. The summed E-state index contributed by atoms with van der Waals surface area (Å²) in [5.41, 5.74) is 2.71. The summed E-state index contributed by atoms with van der Waals surface area (Å²) in [6.45, 7) is -3.75. The minimum atomic E-state index is -2.75. The van der Waals surface area contributed by atoms with Crippen LogP contribution >= 0.6 is 0 Å². The zero-order valence-electron chi connectivity index (χ0n) is 35.0. The van der Waals surface area contributed by atoms with E-state index in [1.807, 2.05) is 77.7 Å². The van der Waals surface area contributed by atoms with Crippen LogP contribution in [0.5, 0.6) is 11.5 Å². The fourth-order valence-electron chi connectivity index (χ4n) is 7.55. The highest BCUT2D eigenvalue weighted by atomic mass is 28.3. The summed E-state index contributed by atoms with van der Waals surface area (Å²) in [6.07, 6.45) is 8.10. The maximum Gasteiger partial charge on any atom is 0.211 e. The monoisotopic (exact) mass is 636 g/mol. The lowest BCUT2D eigenvalue weighted by molar-refractivity contribution is 0.488. The number of para-hydroxylation sites is 4. The number of aryl methyl sites for hydroxylation is 3. The number of rotatable bonds is 3. The van der Waals surface area contributed by atoms with Gasteiger partial charge in [0.05, 0.1) is 23.5 Å². The number of allylic oxidation sites excluding steroid dienone is 2. The fraction of sp³-hybridized carbons (Fsp3) is 0.167. The first-order valence-corrected chi connectivity index (χ1v) is 18.8. The molecule has 4 aliphatic rings. The lowest BCUT2D eigenvalue weighted by atomic mass is 9.90. The highest BCUT2D eigenvalue weighted by Crippen LogP contribution is 2.47. The number of hydrogen-bond acceptors (Lipinski definition) is 4. The lowest BCUT2D eigenvalue weighted by Gasteiger charge is -2.34. The summed E-state index contributed by atoms with van der Waals surface area (Å²) in [4.78, 5) is 9.11. The topological polar surface area (TPSA) is 28.1 Å². The molecule has 5 aromatic rings. The van der Waals surface area contributed by atoms with Crippen molar-refractivity contribution in [3.63, 3.8) is 0 Å². The van der Waals surface area contributed by atoms with Crippen LogP contribution in [-0.2, 0) is 0 Å². The minimum Gasteiger partial charge on any atom is -0.457 e. The van der Waals surface area contributed by atoms with Crippen LogP contribution in [0.3, 0.4) is 0 Å². The molecule has 3 aliphatic heterocycles. The van der Waals surface area contributed by atoms with E-state index in [1.165, 1.54) is 12.1 Å². The molecule has 1 aliphatic carbocycles. The molecule has 5 aromatic carbocycles. The van der Waals surface area contributed by atoms with Gasteiger partial charge in [0.2, 0.25) is 5.96 Å². The van der Waals surface area contributed by atoms with Crippen molar-refractivity contribution in [3.8, 4) is 33.8 Å². The number of benzene rings is 5. The Hall–Kier alpha value is -5.13. The molecule has 4 nitrogen and oxygen atoms in total. The molecule has 2 unspecified atom stereocenters. The summed E-state index contributed by atoms with van der Waals surface area (Å²) < 4.78 is 85.1. The van der Waals surface area contributed by atoms with Crippen LogP contribution in [0.25, 0.3) is 22.3 Å². The molecule has 230 valence electrons. The molecule has 47 heavy (non-hydrogen) atoms. The summed E-state index contributed by atoms with van der Waals surface area (Å²) in [5, 5.41) is 2.07. The van der Waals surface area contributed by atoms with Gasteiger partial charge in [-0.15, -0.1) is 0 Å². The summed E-state index contributed by atoms with van der Waals surface area (Å²) in [7, 11) is -2.32. The second-order valence-corrected chi connectivity index (χ2v) is 17.3. The van der Waals surface area contributed by atoms with E-state index in [1.54, 1.807) is 24.3 Å². The van der Waals surface area contributed by atoms with Crippen LogP contribution < -0.4 is 24.9 Å². The van der Waals surface area contributed by atoms with Gasteiger partial charge in [-0.05, 0) is 94.6 Å². The van der Waals surface area contributed by atoms with Gasteiger partial charge >= 0.3 is 0 Å². The fourth-order valence-corrected chi connectivity index (χ4v) is 10.4. The molecule has 0 amide bonds. The third kappa shape index (κ3) is 4.09. The maximum absolute atomic E-state index is 8.73. The first-order chi connectivity index (χ1) is 26.4. The molecule has 0 radical (unpaired) electrons. The Balaban J connectivity index is 1.24. The lowest BCUT2D eigenvalue weighted by Crippen LogP contribution is -2.56. The molecule has 2 atom stereocenters. The number of ether oxygens (including phenoxy) is 1. The maximum atomic E-state index is 8.73. The van der Waals surface area contributed by atoms with Crippen LogP contribution in [0.2, 0.25) is 13.1 Å². The second-order valence-electron chi connectivity index (χ2n) is 13.0. The van der Waals surface area contributed by atoms with Gasteiger partial charge in [-0.2, -0.15) is 0 Å². The summed E-state index contributed by atoms with van der Waals surface area (Å²) >= 11 is 0. The molecule has 0 spiro atoms. The second kappa shape index (κ2) is 10.2. The molecule has 0 saturated carbocycles. The Morgan fingerprint density at radius 2 is 1.38 bits per heavy atom. The average molecular weight is 637 g/mol. The normalized spacial score (nSPS) is 23.0. The Kier molecular flexibility index (Phi) is 4.37. The first-order valence-electron chi connectivity index (χ1n) is 20.3. The Labute approximate surface area is 290 Å². The van der Waals surface area contributed by atoms with Gasteiger partial charge in [-0.3, -0.25) is 4.90 Å². The number of anilines is 3. The van der Waals surface area contributed by atoms with Gasteiger partial charge in [-0.25, -0.2) is 4.99 Å². The van der Waals surface area contributed by atoms with E-state index in [4.69, 9.17) is 22.1 Å². The largest absolute Gasteiger partial charge is 0.457 e. The highest BCUT2D eigenvalue weighted by molar-refractivity contribution is 7.01. The van der Waals surface area contributed by atoms with Crippen LogP contribution in [0, 0.1) is 20.6 Å². The van der Waals surface area contributed by atoms with E-state index >= 15 is 0 Å². The van der Waals surface area contributed by atoms with Crippen molar-refractivity contribution >= 4 is 41.5 Å². The molecule has 5 heteroatoms. The van der Waals surface area contributed by atoms with Crippen molar-refractivity contribution in [2.75, 3.05) is 9.80 Å². The molecule has 0 fully saturated rings. The van der Waals surface area contributed by atoms with E-state index < -0.39 is 28.6 Å². The van der Waals surface area contributed by atoms with E-state index in [2.05, 4.69) is 30.1 Å². The summed E-state index contributed by atoms with van der Waals surface area (Å²) in [5.74, 6) is 1.85. The molecular formula is C42H37N3OSi. The van der Waals surface area contributed by atoms with Gasteiger partial charge in [0.15, 0.2) is 0 Å². The average Bonchev–Trinajstić information content (AvgIpc) is 3.68. The number of guanidine groups is 1. The van der Waals surface area contributed by atoms with E-state index in [9.17, 15) is 0 Å². The third-order valence-corrected chi connectivity index (χ3v) is 13.4. The van der Waals surface area contributed by atoms with Gasteiger partial charge in [0, 0.05) is 23.6 Å². The van der Waals surface area contributed by atoms with Crippen molar-refractivity contribution in [1.29, 1.82) is 0 Å². The summed E-state index contributed by atoms with van der Waals surface area (Å²) in [6, 6.07) is 28.8. The Morgan fingerprint density at radius 1 is 0.681 bits per heavy atom. The highest BCUT2D eigenvalue weighted by Gasteiger charge is 2.44. The van der Waals surface area contributed by atoms with E-state index in [-0.39, 0.29) is 45.5 Å². The van der Waals surface area contributed by atoms with E-state index in [0.717, 1.165) is 21.7 Å². The van der Waals surface area contributed by atoms with Crippen LogP contribution in [-0.4, -0.2) is 26.1 Å². The van der Waals surface area contributed by atoms with Gasteiger partial charge in [0.25, 0.3) is 0 Å². The third-order valence-electron chi connectivity index (χ3n) is 9.90. The smallest absolute Gasteiger partial charge is 0.211 e. The van der Waals surface area contributed by atoms with Crippen LogP contribution in [0.4, 0.5) is 17.1 Å². The van der Waals surface area contributed by atoms with Crippen LogP contribution in [0.1, 0.15) is 29.0 Å². The van der Waals surface area contributed by atoms with Crippen molar-refractivity contribution in [3.05, 3.63) is 138 Å². The Morgan fingerprint density at radius 3 is 2.21 bits per heavy atom. The molecule has 9 rings (SSSR count). The molecule has 0 N–H and O–H groups in total. The molecule has 0 saturated heterocycles. The number of aliphatic imine (C=N–C) groups is 1. The SMILES string of the molecule is [2H]C([2H])([2H])c1cc(N2C3=NC4C=CC=CC4N3c3ccccc32)ccc1-c1cc(C([2H])([2H])[2H])c(-c2cccc3c2Oc2ccccc2[Si]3(C)C)cc1C([2H])([2H])[2H]. The van der Waals surface area contributed by atoms with Crippen molar-refractivity contribution in [1.82, 2.24) is 0 Å². The zero-order chi connectivity index (χ0) is 39.5. The number of fused-ring (bicyclic) bond motifs is 7. The molecule has 0 aromatic heterocycles.